The van der Waals surface area contributed by atoms with Gasteiger partial charge in [0.05, 0.1) is 11.5 Å². The summed E-state index contributed by atoms with van der Waals surface area (Å²) in [6, 6.07) is 4.65. The van der Waals surface area contributed by atoms with Crippen molar-refractivity contribution in [3.05, 3.63) is 47.0 Å². The number of esters is 1. The number of rotatable bonds is 4. The third-order valence-corrected chi connectivity index (χ3v) is 5.68. The molecule has 0 saturated carbocycles. The maximum absolute atomic E-state index is 13.0. The second-order valence-corrected chi connectivity index (χ2v) is 7.23. The Labute approximate surface area is 138 Å². The van der Waals surface area contributed by atoms with Gasteiger partial charge in [-0.15, -0.1) is 0 Å². The molecule has 2 heterocycles. The number of sulfonamides is 1. The number of nitrogens with zero attached hydrogens (tertiary/aromatic N) is 2. The zero-order chi connectivity index (χ0) is 17.3. The number of hydrogen-bond acceptors (Lipinski definition) is 5. The maximum Gasteiger partial charge on any atom is 0.359 e. The van der Waals surface area contributed by atoms with Gasteiger partial charge in [-0.1, -0.05) is 0 Å². The highest BCUT2D eigenvalue weighted by molar-refractivity contribution is 7.89. The van der Waals surface area contributed by atoms with Gasteiger partial charge >= 0.3 is 5.97 Å². The third-order valence-electron chi connectivity index (χ3n) is 3.82. The fraction of sp³-hybridized carbons (Fsp3) is 0.333. The molecule has 1 aliphatic heterocycles. The van der Waals surface area contributed by atoms with E-state index in [1.54, 1.807) is 6.92 Å². The van der Waals surface area contributed by atoms with Gasteiger partial charge in [0.15, 0.2) is 5.69 Å². The number of aromatic nitrogens is 2. The Morgan fingerprint density at radius 1 is 1.38 bits per heavy atom. The molecule has 3 rings (SSSR count). The first-order valence-electron chi connectivity index (χ1n) is 7.42. The Bertz CT molecular complexity index is 861. The summed E-state index contributed by atoms with van der Waals surface area (Å²) in [6.45, 7) is 2.15. The van der Waals surface area contributed by atoms with E-state index < -0.39 is 21.8 Å². The molecule has 128 valence electrons. The van der Waals surface area contributed by atoms with Gasteiger partial charge in [-0.05, 0) is 31.2 Å². The van der Waals surface area contributed by atoms with Crippen LogP contribution in [-0.2, 0) is 27.7 Å². The average Bonchev–Trinajstić information content (AvgIpc) is 2.98. The summed E-state index contributed by atoms with van der Waals surface area (Å²) in [5.74, 6) is -1.09. The molecule has 1 N–H and O–H groups in total. The summed E-state index contributed by atoms with van der Waals surface area (Å²) < 4.78 is 44.6. The Morgan fingerprint density at radius 2 is 2.08 bits per heavy atom. The molecule has 0 aliphatic carbocycles. The van der Waals surface area contributed by atoms with Crippen molar-refractivity contribution in [3.8, 4) is 0 Å². The van der Waals surface area contributed by atoms with Crippen LogP contribution in [0.2, 0.25) is 0 Å². The second-order valence-electron chi connectivity index (χ2n) is 5.29. The van der Waals surface area contributed by atoms with Crippen LogP contribution >= 0.6 is 0 Å². The quantitative estimate of drug-likeness (QED) is 0.841. The van der Waals surface area contributed by atoms with Gasteiger partial charge in [0, 0.05) is 30.8 Å². The lowest BCUT2D eigenvalue weighted by molar-refractivity contribution is 0.0517. The Morgan fingerprint density at radius 3 is 2.75 bits per heavy atom. The van der Waals surface area contributed by atoms with Gasteiger partial charge < -0.3 is 4.74 Å². The minimum Gasteiger partial charge on any atom is -0.461 e. The van der Waals surface area contributed by atoms with Gasteiger partial charge in [0.2, 0.25) is 10.0 Å². The number of aromatic amines is 1. The van der Waals surface area contributed by atoms with Crippen molar-refractivity contribution in [2.24, 2.45) is 0 Å². The monoisotopic (exact) mass is 353 g/mol. The Balaban J connectivity index is 1.90. The van der Waals surface area contributed by atoms with E-state index >= 15 is 0 Å². The predicted octanol–water partition coefficient (Wildman–Crippen LogP) is 1.47. The summed E-state index contributed by atoms with van der Waals surface area (Å²) in [4.78, 5) is 11.9. The van der Waals surface area contributed by atoms with Crippen LogP contribution in [0.15, 0.2) is 29.2 Å². The van der Waals surface area contributed by atoms with Crippen molar-refractivity contribution in [3.63, 3.8) is 0 Å². The highest BCUT2D eigenvalue weighted by atomic mass is 32.2. The highest BCUT2D eigenvalue weighted by Gasteiger charge is 2.32. The topological polar surface area (TPSA) is 92.4 Å². The molecule has 1 aromatic carbocycles. The van der Waals surface area contributed by atoms with Gasteiger partial charge in [0.25, 0.3) is 0 Å². The van der Waals surface area contributed by atoms with Crippen molar-refractivity contribution in [2.45, 2.75) is 24.8 Å². The molecule has 24 heavy (non-hydrogen) atoms. The number of fused-ring (bicyclic) bond motifs is 1. The van der Waals surface area contributed by atoms with Crippen LogP contribution in [0.1, 0.15) is 28.7 Å². The van der Waals surface area contributed by atoms with Crippen LogP contribution in [0.5, 0.6) is 0 Å². The number of carbonyl (C=O) groups excluding carboxylic acids is 1. The lowest BCUT2D eigenvalue weighted by atomic mass is 10.1. The molecule has 0 fully saturated rings. The number of benzene rings is 1. The summed E-state index contributed by atoms with van der Waals surface area (Å²) >= 11 is 0. The molecule has 1 aliphatic rings. The summed E-state index contributed by atoms with van der Waals surface area (Å²) in [7, 11) is -3.78. The SMILES string of the molecule is CCOC(=O)c1n[nH]c2c1CN(S(=O)(=O)c1ccc(F)cc1)CC2. The Hall–Kier alpha value is -2.26. The smallest absolute Gasteiger partial charge is 0.359 e. The molecule has 0 radical (unpaired) electrons. The second kappa shape index (κ2) is 6.33. The molecule has 0 bridgehead atoms. The summed E-state index contributed by atoms with van der Waals surface area (Å²) in [5, 5.41) is 6.71. The van der Waals surface area contributed by atoms with Crippen LogP contribution in [0, 0.1) is 5.82 Å². The van der Waals surface area contributed by atoms with E-state index in [0.717, 1.165) is 17.8 Å². The average molecular weight is 353 g/mol. The molecule has 0 saturated heterocycles. The fourth-order valence-electron chi connectivity index (χ4n) is 2.60. The highest BCUT2D eigenvalue weighted by Crippen LogP contribution is 2.26. The number of H-pyrrole nitrogens is 1. The van der Waals surface area contributed by atoms with Crippen LogP contribution in [0.4, 0.5) is 4.39 Å². The number of halogens is 1. The van der Waals surface area contributed by atoms with Crippen LogP contribution in [0.3, 0.4) is 0 Å². The number of hydrogen-bond donors (Lipinski definition) is 1. The number of carbonyl (C=O) groups is 1. The van der Waals surface area contributed by atoms with Gasteiger partial charge in [-0.25, -0.2) is 17.6 Å². The number of ether oxygens (including phenoxy) is 1. The molecule has 0 unspecified atom stereocenters. The van der Waals surface area contributed by atoms with Gasteiger partial charge in [-0.2, -0.15) is 9.40 Å². The zero-order valence-electron chi connectivity index (χ0n) is 13.0. The minimum absolute atomic E-state index is 0.00790. The third kappa shape index (κ3) is 2.92. The molecule has 0 atom stereocenters. The number of nitrogens with one attached hydrogen (secondary N) is 1. The van der Waals surface area contributed by atoms with Crippen molar-refractivity contribution < 1.29 is 22.3 Å². The maximum atomic E-state index is 13.0. The molecular formula is C15H16FN3O4S. The van der Waals surface area contributed by atoms with Crippen molar-refractivity contribution in [1.82, 2.24) is 14.5 Å². The summed E-state index contributed by atoms with van der Waals surface area (Å²) in [6.07, 6.45) is 0.405. The minimum atomic E-state index is -3.78. The molecule has 9 heteroatoms. The van der Waals surface area contributed by atoms with E-state index in [4.69, 9.17) is 4.74 Å². The van der Waals surface area contributed by atoms with E-state index in [-0.39, 0.29) is 30.3 Å². The van der Waals surface area contributed by atoms with Crippen molar-refractivity contribution in [1.29, 1.82) is 0 Å². The first-order chi connectivity index (χ1) is 11.4. The van der Waals surface area contributed by atoms with Gasteiger partial charge in [0.1, 0.15) is 5.82 Å². The zero-order valence-corrected chi connectivity index (χ0v) is 13.8. The molecular weight excluding hydrogens is 337 g/mol. The van der Waals surface area contributed by atoms with Crippen molar-refractivity contribution >= 4 is 16.0 Å². The predicted molar refractivity (Wildman–Crippen MR) is 82.2 cm³/mol. The van der Waals surface area contributed by atoms with Gasteiger partial charge in [-0.3, -0.25) is 5.10 Å². The molecule has 7 nitrogen and oxygen atoms in total. The van der Waals surface area contributed by atoms with E-state index in [1.165, 1.54) is 16.4 Å². The Kier molecular flexibility index (Phi) is 4.37. The van der Waals surface area contributed by atoms with Crippen LogP contribution in [0.25, 0.3) is 0 Å². The molecule has 1 aromatic heterocycles. The van der Waals surface area contributed by atoms with E-state index in [1.807, 2.05) is 0 Å². The van der Waals surface area contributed by atoms with Crippen molar-refractivity contribution in [2.75, 3.05) is 13.2 Å². The summed E-state index contributed by atoms with van der Waals surface area (Å²) in [5.41, 5.74) is 1.35. The van der Waals surface area contributed by atoms with Crippen LogP contribution in [-0.4, -0.2) is 42.0 Å². The molecule has 0 spiro atoms. The van der Waals surface area contributed by atoms with E-state index in [0.29, 0.717) is 12.0 Å². The lowest BCUT2D eigenvalue weighted by Crippen LogP contribution is -2.36. The first kappa shape index (κ1) is 16.6. The molecule has 0 amide bonds. The van der Waals surface area contributed by atoms with E-state index in [2.05, 4.69) is 10.2 Å². The fourth-order valence-corrected chi connectivity index (χ4v) is 4.01. The van der Waals surface area contributed by atoms with E-state index in [9.17, 15) is 17.6 Å². The first-order valence-corrected chi connectivity index (χ1v) is 8.86. The van der Waals surface area contributed by atoms with Crippen LogP contribution < -0.4 is 0 Å². The standard InChI is InChI=1S/C15H16FN3O4S/c1-2-23-15(20)14-12-9-19(8-7-13(12)17-18-14)24(21,22)11-5-3-10(16)4-6-11/h3-6H,2,7-9H2,1H3,(H,17,18). The largest absolute Gasteiger partial charge is 0.461 e. The lowest BCUT2D eigenvalue weighted by Gasteiger charge is -2.26. The molecule has 2 aromatic rings. The normalized spacial score (nSPS) is 15.1.